The lowest BCUT2D eigenvalue weighted by Crippen LogP contribution is -2.47. The van der Waals surface area contributed by atoms with Gasteiger partial charge in [0.15, 0.2) is 0 Å². The highest BCUT2D eigenvalue weighted by Gasteiger charge is 2.31. The molecule has 1 aliphatic heterocycles. The first-order chi connectivity index (χ1) is 6.57. The standard InChI is InChI=1S/C10H19NO3/c1-3-9(12)11(2)8-10(13)4-6-14-7-5-10/h13H,3-8H2,1-2H3. The predicted octanol–water partition coefficient (Wildman–Crippen LogP) is 0.396. The Morgan fingerprint density at radius 1 is 1.50 bits per heavy atom. The van der Waals surface area contributed by atoms with Crippen LogP contribution in [0.2, 0.25) is 0 Å². The zero-order valence-corrected chi connectivity index (χ0v) is 8.95. The number of hydrogen-bond donors (Lipinski definition) is 1. The van der Waals surface area contributed by atoms with Crippen molar-refractivity contribution in [1.29, 1.82) is 0 Å². The van der Waals surface area contributed by atoms with Gasteiger partial charge in [0.1, 0.15) is 0 Å². The number of hydrogen-bond acceptors (Lipinski definition) is 3. The summed E-state index contributed by atoms with van der Waals surface area (Å²) in [6.07, 6.45) is 1.73. The van der Waals surface area contributed by atoms with Gasteiger partial charge in [-0.05, 0) is 0 Å². The summed E-state index contributed by atoms with van der Waals surface area (Å²) in [5.41, 5.74) is -0.738. The molecular weight excluding hydrogens is 182 g/mol. The van der Waals surface area contributed by atoms with E-state index in [2.05, 4.69) is 0 Å². The van der Waals surface area contributed by atoms with Crippen LogP contribution in [0.25, 0.3) is 0 Å². The zero-order valence-electron chi connectivity index (χ0n) is 8.95. The first-order valence-corrected chi connectivity index (χ1v) is 5.11. The molecular formula is C10H19NO3. The smallest absolute Gasteiger partial charge is 0.222 e. The highest BCUT2D eigenvalue weighted by molar-refractivity contribution is 5.75. The Balaban J connectivity index is 2.44. The van der Waals surface area contributed by atoms with Crippen molar-refractivity contribution in [3.05, 3.63) is 0 Å². The third kappa shape index (κ3) is 2.96. The number of likely N-dealkylation sites (N-methyl/N-ethyl adjacent to an activating group) is 1. The van der Waals surface area contributed by atoms with E-state index in [1.807, 2.05) is 6.92 Å². The minimum absolute atomic E-state index is 0.0740. The molecule has 1 N–H and O–H groups in total. The van der Waals surface area contributed by atoms with Crippen LogP contribution in [0.5, 0.6) is 0 Å². The van der Waals surface area contributed by atoms with Gasteiger partial charge in [0.2, 0.25) is 5.91 Å². The second kappa shape index (κ2) is 4.75. The van der Waals surface area contributed by atoms with E-state index >= 15 is 0 Å². The van der Waals surface area contributed by atoms with Crippen LogP contribution in [-0.4, -0.2) is 48.3 Å². The molecule has 1 amide bonds. The van der Waals surface area contributed by atoms with Gasteiger partial charge in [0, 0.05) is 46.1 Å². The van der Waals surface area contributed by atoms with Crippen LogP contribution in [0, 0.1) is 0 Å². The molecule has 0 saturated carbocycles. The van der Waals surface area contributed by atoms with Crippen LogP contribution in [0.1, 0.15) is 26.2 Å². The molecule has 0 unspecified atom stereocenters. The summed E-state index contributed by atoms with van der Waals surface area (Å²) in [7, 11) is 1.74. The number of carbonyl (C=O) groups is 1. The highest BCUT2D eigenvalue weighted by Crippen LogP contribution is 2.21. The molecule has 0 radical (unpaired) electrons. The Hall–Kier alpha value is -0.610. The fourth-order valence-corrected chi connectivity index (χ4v) is 1.71. The van der Waals surface area contributed by atoms with Gasteiger partial charge in [-0.1, -0.05) is 6.92 Å². The van der Waals surface area contributed by atoms with Crippen LogP contribution in [0.15, 0.2) is 0 Å². The predicted molar refractivity (Wildman–Crippen MR) is 52.9 cm³/mol. The third-order valence-corrected chi connectivity index (χ3v) is 2.68. The minimum Gasteiger partial charge on any atom is -0.388 e. The fourth-order valence-electron chi connectivity index (χ4n) is 1.71. The monoisotopic (exact) mass is 201 g/mol. The summed E-state index contributed by atoms with van der Waals surface area (Å²) in [6, 6.07) is 0. The van der Waals surface area contributed by atoms with Gasteiger partial charge in [-0.25, -0.2) is 0 Å². The van der Waals surface area contributed by atoms with Gasteiger partial charge in [0.25, 0.3) is 0 Å². The summed E-state index contributed by atoms with van der Waals surface area (Å²) < 4.78 is 5.17. The number of aliphatic hydroxyl groups is 1. The van der Waals surface area contributed by atoms with Gasteiger partial charge in [-0.2, -0.15) is 0 Å². The third-order valence-electron chi connectivity index (χ3n) is 2.68. The van der Waals surface area contributed by atoms with Gasteiger partial charge in [-0.15, -0.1) is 0 Å². The van der Waals surface area contributed by atoms with E-state index < -0.39 is 5.60 Å². The Morgan fingerprint density at radius 3 is 2.57 bits per heavy atom. The van der Waals surface area contributed by atoms with Gasteiger partial charge in [0.05, 0.1) is 5.60 Å². The van der Waals surface area contributed by atoms with Crippen molar-refractivity contribution in [1.82, 2.24) is 4.90 Å². The molecule has 82 valence electrons. The van der Waals surface area contributed by atoms with Crippen LogP contribution in [0.3, 0.4) is 0 Å². The molecule has 0 aromatic heterocycles. The molecule has 4 heteroatoms. The quantitative estimate of drug-likeness (QED) is 0.719. The van der Waals surface area contributed by atoms with Crippen LogP contribution in [-0.2, 0) is 9.53 Å². The van der Waals surface area contributed by atoms with E-state index in [-0.39, 0.29) is 5.91 Å². The SMILES string of the molecule is CCC(=O)N(C)CC1(O)CCOCC1. The van der Waals surface area contributed by atoms with E-state index in [1.54, 1.807) is 11.9 Å². The summed E-state index contributed by atoms with van der Waals surface area (Å²) in [5, 5.41) is 10.1. The number of rotatable bonds is 3. The normalized spacial score (nSPS) is 20.5. The molecule has 0 bridgehead atoms. The second-order valence-electron chi connectivity index (χ2n) is 3.94. The van der Waals surface area contributed by atoms with Gasteiger partial charge < -0.3 is 14.7 Å². The maximum atomic E-state index is 11.3. The van der Waals surface area contributed by atoms with Crippen LogP contribution >= 0.6 is 0 Å². The van der Waals surface area contributed by atoms with E-state index in [1.165, 1.54) is 0 Å². The molecule has 0 spiro atoms. The number of ether oxygens (including phenoxy) is 1. The Labute approximate surface area is 84.8 Å². The Kier molecular flexibility index (Phi) is 3.89. The molecule has 0 aromatic carbocycles. The summed E-state index contributed by atoms with van der Waals surface area (Å²) in [4.78, 5) is 12.9. The summed E-state index contributed by atoms with van der Waals surface area (Å²) >= 11 is 0. The maximum Gasteiger partial charge on any atom is 0.222 e. The lowest BCUT2D eigenvalue weighted by atomic mass is 9.94. The molecule has 1 fully saturated rings. The average Bonchev–Trinajstić information content (AvgIpc) is 2.17. The van der Waals surface area contributed by atoms with Crippen molar-refractivity contribution in [3.8, 4) is 0 Å². The largest absolute Gasteiger partial charge is 0.388 e. The zero-order chi connectivity index (χ0) is 10.6. The van der Waals surface area contributed by atoms with Crippen molar-refractivity contribution >= 4 is 5.91 Å². The maximum absolute atomic E-state index is 11.3. The minimum atomic E-state index is -0.738. The molecule has 0 aliphatic carbocycles. The Morgan fingerprint density at radius 2 is 2.07 bits per heavy atom. The number of amides is 1. The van der Waals surface area contributed by atoms with Gasteiger partial charge >= 0.3 is 0 Å². The van der Waals surface area contributed by atoms with Crippen molar-refractivity contribution in [3.63, 3.8) is 0 Å². The van der Waals surface area contributed by atoms with Crippen molar-refractivity contribution in [2.75, 3.05) is 26.8 Å². The Bertz CT molecular complexity index is 200. The topological polar surface area (TPSA) is 49.8 Å². The highest BCUT2D eigenvalue weighted by atomic mass is 16.5. The molecule has 4 nitrogen and oxygen atoms in total. The van der Waals surface area contributed by atoms with Crippen molar-refractivity contribution in [2.24, 2.45) is 0 Å². The lowest BCUT2D eigenvalue weighted by molar-refractivity contribution is -0.136. The first-order valence-electron chi connectivity index (χ1n) is 5.11. The molecule has 1 heterocycles. The van der Waals surface area contributed by atoms with E-state index in [4.69, 9.17) is 4.74 Å². The van der Waals surface area contributed by atoms with Crippen LogP contribution in [0.4, 0.5) is 0 Å². The fraction of sp³-hybridized carbons (Fsp3) is 0.900. The summed E-state index contributed by atoms with van der Waals surface area (Å²) in [5.74, 6) is 0.0740. The molecule has 1 saturated heterocycles. The summed E-state index contributed by atoms with van der Waals surface area (Å²) in [6.45, 7) is 3.42. The number of nitrogens with zero attached hydrogens (tertiary/aromatic N) is 1. The first kappa shape index (κ1) is 11.5. The van der Waals surface area contributed by atoms with E-state index in [0.717, 1.165) is 0 Å². The van der Waals surface area contributed by atoms with Crippen LogP contribution < -0.4 is 0 Å². The van der Waals surface area contributed by atoms with Gasteiger partial charge in [-0.3, -0.25) is 4.79 Å². The average molecular weight is 201 g/mol. The molecule has 1 rings (SSSR count). The number of carbonyl (C=O) groups excluding carboxylic acids is 1. The molecule has 0 atom stereocenters. The lowest BCUT2D eigenvalue weighted by Gasteiger charge is -2.35. The molecule has 14 heavy (non-hydrogen) atoms. The van der Waals surface area contributed by atoms with Crippen molar-refractivity contribution < 1.29 is 14.6 Å². The van der Waals surface area contributed by atoms with E-state index in [9.17, 15) is 9.90 Å². The second-order valence-corrected chi connectivity index (χ2v) is 3.94. The van der Waals surface area contributed by atoms with Crippen molar-refractivity contribution in [2.45, 2.75) is 31.8 Å². The van der Waals surface area contributed by atoms with E-state index in [0.29, 0.717) is 39.0 Å². The molecule has 0 aromatic rings. The molecule has 1 aliphatic rings.